The van der Waals surface area contributed by atoms with Crippen molar-refractivity contribution >= 4 is 72.6 Å². The molecule has 0 aliphatic carbocycles. The lowest BCUT2D eigenvalue weighted by atomic mass is 10.1. The van der Waals surface area contributed by atoms with Gasteiger partial charge in [0.2, 0.25) is 11.9 Å². The fraction of sp³-hybridized carbons (Fsp3) is 0.231. The average molecular weight is 693 g/mol. The van der Waals surface area contributed by atoms with Gasteiger partial charge in [-0.15, -0.1) is 0 Å². The van der Waals surface area contributed by atoms with Gasteiger partial charge in [-0.1, -0.05) is 46.9 Å². The molecule has 43 heavy (non-hydrogen) atoms. The van der Waals surface area contributed by atoms with Crippen molar-refractivity contribution in [2.75, 3.05) is 10.7 Å². The summed E-state index contributed by atoms with van der Waals surface area (Å²) >= 11 is 18.2. The van der Waals surface area contributed by atoms with E-state index in [0.29, 0.717) is 22.0 Å². The third kappa shape index (κ3) is 9.36. The molecule has 1 aliphatic heterocycles. The molecule has 0 radical (unpaired) electrons. The van der Waals surface area contributed by atoms with E-state index in [9.17, 15) is 16.8 Å². The van der Waals surface area contributed by atoms with E-state index in [-0.39, 0.29) is 45.0 Å². The second kappa shape index (κ2) is 13.6. The van der Waals surface area contributed by atoms with Crippen LogP contribution in [0, 0.1) is 0 Å². The zero-order valence-corrected chi connectivity index (χ0v) is 26.9. The Hall–Kier alpha value is -3.27. The second-order valence-electron chi connectivity index (χ2n) is 9.30. The molecule has 4 rings (SSSR count). The first-order valence-corrected chi connectivity index (χ1v) is 16.4. The highest BCUT2D eigenvalue weighted by molar-refractivity contribution is 7.87. The molecule has 1 heterocycles. The Bertz CT molecular complexity index is 1770. The number of ether oxygens (including phenoxy) is 1. The summed E-state index contributed by atoms with van der Waals surface area (Å²) in [4.78, 5) is 10.0. The molecule has 0 amide bonds. The number of nitrogens with two attached hydrogens (primary N) is 2. The van der Waals surface area contributed by atoms with Gasteiger partial charge in [0, 0.05) is 11.8 Å². The van der Waals surface area contributed by atoms with Crippen LogP contribution in [-0.4, -0.2) is 44.7 Å². The van der Waals surface area contributed by atoms with Crippen LogP contribution >= 0.6 is 34.8 Å². The summed E-state index contributed by atoms with van der Waals surface area (Å²) in [5.41, 5.74) is 12.4. The van der Waals surface area contributed by atoms with Gasteiger partial charge in [-0.3, -0.25) is 9.45 Å². The summed E-state index contributed by atoms with van der Waals surface area (Å²) in [6.07, 6.45) is 0. The molecular weight excluding hydrogens is 665 g/mol. The third-order valence-corrected chi connectivity index (χ3v) is 8.66. The van der Waals surface area contributed by atoms with Gasteiger partial charge in [0.05, 0.1) is 20.8 Å². The predicted molar refractivity (Wildman–Crippen MR) is 168 cm³/mol. The van der Waals surface area contributed by atoms with Crippen LogP contribution in [-0.2, 0) is 26.8 Å². The van der Waals surface area contributed by atoms with Gasteiger partial charge in [0.15, 0.2) is 0 Å². The molecule has 232 valence electrons. The van der Waals surface area contributed by atoms with Crippen molar-refractivity contribution in [1.82, 2.24) is 0 Å². The highest BCUT2D eigenvalue weighted by atomic mass is 35.5. The molecule has 0 fully saturated rings. The van der Waals surface area contributed by atoms with Crippen LogP contribution in [0.2, 0.25) is 15.1 Å². The number of nitrogens with zero attached hydrogens (tertiary/aromatic N) is 3. The van der Waals surface area contributed by atoms with Gasteiger partial charge in [0.1, 0.15) is 28.7 Å². The van der Waals surface area contributed by atoms with Crippen LogP contribution in [0.5, 0.6) is 11.5 Å². The van der Waals surface area contributed by atoms with E-state index >= 15 is 0 Å². The van der Waals surface area contributed by atoms with Gasteiger partial charge in [-0.25, -0.2) is 4.99 Å². The maximum absolute atomic E-state index is 12.6. The molecule has 1 aliphatic rings. The highest BCUT2D eigenvalue weighted by Crippen LogP contribution is 2.34. The third-order valence-electron chi connectivity index (χ3n) is 5.64. The minimum atomic E-state index is -4.07. The average Bonchev–Trinajstić information content (AvgIpc) is 2.89. The number of halogens is 3. The first-order chi connectivity index (χ1) is 19.9. The molecule has 17 heteroatoms. The molecule has 0 unspecified atom stereocenters. The standard InChI is InChI=1S/C24H22Cl3N5O4S.C2H6O3S/c1-24(2)31-22(28)30-23(29)32(24)15-5-10-21(20(27)11-15)35-13-14-3-7-17(8-4-14)37(33,34)36-16-6-9-18(25)19(26)12-16;1-2-6(3,4)5/h3-12H,13H2,1-2H3,(H4,28,29,30,31);2H2,1H3,(H,3,4,5). The number of rotatable bonds is 8. The van der Waals surface area contributed by atoms with Crippen molar-refractivity contribution in [2.45, 2.75) is 37.9 Å². The van der Waals surface area contributed by atoms with Gasteiger partial charge in [-0.05, 0) is 68.8 Å². The van der Waals surface area contributed by atoms with Crippen molar-refractivity contribution in [2.24, 2.45) is 21.5 Å². The van der Waals surface area contributed by atoms with Crippen LogP contribution in [0.3, 0.4) is 0 Å². The number of hydrogen-bond acceptors (Lipinski definition) is 11. The SMILES string of the molecule is CC1(C)N=C(N)N=C(N)N1c1ccc(OCc2ccc(S(=O)(=O)Oc3ccc(Cl)c(Cl)c3)cc2)c(Cl)c1.CCS(=O)(=O)O. The van der Waals surface area contributed by atoms with E-state index in [4.69, 9.17) is 59.7 Å². The van der Waals surface area contributed by atoms with E-state index in [1.807, 2.05) is 13.8 Å². The lowest BCUT2D eigenvalue weighted by Crippen LogP contribution is -2.54. The molecule has 0 spiro atoms. The summed E-state index contributed by atoms with van der Waals surface area (Å²) < 4.78 is 63.1. The molecule has 0 bridgehead atoms. The molecule has 0 aromatic heterocycles. The number of anilines is 1. The predicted octanol–water partition coefficient (Wildman–Crippen LogP) is 5.07. The fourth-order valence-corrected chi connectivity index (χ4v) is 5.05. The monoisotopic (exact) mass is 691 g/mol. The number of aliphatic imine (C=N–C) groups is 2. The maximum Gasteiger partial charge on any atom is 0.339 e. The van der Waals surface area contributed by atoms with Crippen molar-refractivity contribution in [1.29, 1.82) is 0 Å². The Balaban J connectivity index is 0.000000765. The Morgan fingerprint density at radius 1 is 0.907 bits per heavy atom. The van der Waals surface area contributed by atoms with Crippen molar-refractivity contribution in [3.05, 3.63) is 81.3 Å². The number of guanidine groups is 2. The maximum atomic E-state index is 12.6. The van der Waals surface area contributed by atoms with E-state index in [1.54, 1.807) is 35.2 Å². The molecule has 0 saturated carbocycles. The van der Waals surface area contributed by atoms with E-state index < -0.39 is 25.9 Å². The van der Waals surface area contributed by atoms with Crippen LogP contribution in [0.15, 0.2) is 75.5 Å². The molecule has 3 aromatic carbocycles. The lowest BCUT2D eigenvalue weighted by molar-refractivity contribution is 0.306. The van der Waals surface area contributed by atoms with Crippen molar-refractivity contribution in [3.63, 3.8) is 0 Å². The van der Waals surface area contributed by atoms with Crippen LogP contribution < -0.4 is 25.3 Å². The van der Waals surface area contributed by atoms with Crippen LogP contribution in [0.25, 0.3) is 0 Å². The minimum Gasteiger partial charge on any atom is -0.487 e. The van der Waals surface area contributed by atoms with Crippen LogP contribution in [0.4, 0.5) is 5.69 Å². The van der Waals surface area contributed by atoms with E-state index in [2.05, 4.69) is 9.98 Å². The van der Waals surface area contributed by atoms with Gasteiger partial charge in [0.25, 0.3) is 10.1 Å². The molecule has 0 atom stereocenters. The zero-order valence-electron chi connectivity index (χ0n) is 23.0. The Morgan fingerprint density at radius 3 is 2.07 bits per heavy atom. The van der Waals surface area contributed by atoms with Crippen molar-refractivity contribution < 1.29 is 30.3 Å². The quantitative estimate of drug-likeness (QED) is 0.212. The zero-order chi connectivity index (χ0) is 32.2. The summed E-state index contributed by atoms with van der Waals surface area (Å²) in [5, 5.41) is 0.819. The molecular formula is C26H28Cl3N5O7S2. The van der Waals surface area contributed by atoms with E-state index in [0.717, 1.165) is 0 Å². The first kappa shape index (κ1) is 34.2. The van der Waals surface area contributed by atoms with E-state index in [1.165, 1.54) is 37.3 Å². The number of benzene rings is 3. The first-order valence-electron chi connectivity index (χ1n) is 12.3. The molecule has 5 N–H and O–H groups in total. The topological polar surface area (TPSA) is 187 Å². The summed E-state index contributed by atoms with van der Waals surface area (Å²) in [6.45, 7) is 5.21. The molecule has 12 nitrogen and oxygen atoms in total. The Morgan fingerprint density at radius 2 is 1.53 bits per heavy atom. The molecule has 0 saturated heterocycles. The van der Waals surface area contributed by atoms with Crippen LogP contribution in [0.1, 0.15) is 26.3 Å². The minimum absolute atomic E-state index is 0.0311. The number of hydrogen-bond donors (Lipinski definition) is 3. The Labute approximate surface area is 264 Å². The largest absolute Gasteiger partial charge is 0.487 e. The normalized spacial score (nSPS) is 14.6. The fourth-order valence-electron chi connectivity index (χ4n) is 3.61. The second-order valence-corrected chi connectivity index (χ2v) is 13.8. The van der Waals surface area contributed by atoms with Crippen molar-refractivity contribution in [3.8, 4) is 11.5 Å². The molecule has 3 aromatic rings. The van der Waals surface area contributed by atoms with Gasteiger partial charge < -0.3 is 20.4 Å². The highest BCUT2D eigenvalue weighted by Gasteiger charge is 2.33. The summed E-state index contributed by atoms with van der Waals surface area (Å²) in [7, 11) is -7.73. The van der Waals surface area contributed by atoms with Gasteiger partial charge in [-0.2, -0.15) is 21.8 Å². The Kier molecular flexibility index (Phi) is 10.8. The summed E-state index contributed by atoms with van der Waals surface area (Å²) in [5.74, 6) is 0.576. The smallest absolute Gasteiger partial charge is 0.339 e. The summed E-state index contributed by atoms with van der Waals surface area (Å²) in [6, 6.07) is 15.4. The van der Waals surface area contributed by atoms with Gasteiger partial charge >= 0.3 is 10.1 Å². The lowest BCUT2D eigenvalue weighted by Gasteiger charge is -2.38.